The predicted molar refractivity (Wildman–Crippen MR) is 124 cm³/mol. The molecule has 164 valence electrons. The van der Waals surface area contributed by atoms with Crippen LogP contribution in [-0.2, 0) is 24.2 Å². The highest BCUT2D eigenvalue weighted by Crippen LogP contribution is 2.28. The Hall–Kier alpha value is -3.03. The second kappa shape index (κ2) is 9.22. The lowest BCUT2D eigenvalue weighted by Crippen LogP contribution is -2.30. The van der Waals surface area contributed by atoms with Gasteiger partial charge in [0.15, 0.2) is 0 Å². The van der Waals surface area contributed by atoms with Crippen LogP contribution in [0.1, 0.15) is 50.4 Å². The number of fused-ring (bicyclic) bond motifs is 1. The first-order chi connectivity index (χ1) is 15.7. The number of pyridine rings is 1. The average Bonchev–Trinajstić information content (AvgIpc) is 3.58. The number of hydrogen-bond donors (Lipinski definition) is 1. The maximum atomic E-state index is 13.1. The lowest BCUT2D eigenvalue weighted by Gasteiger charge is -2.17. The molecule has 2 aliphatic rings. The maximum Gasteiger partial charge on any atom is 0.256 e. The smallest absolute Gasteiger partial charge is 0.256 e. The highest BCUT2D eigenvalue weighted by Gasteiger charge is 2.29. The molecule has 3 heterocycles. The van der Waals surface area contributed by atoms with Crippen molar-refractivity contribution in [3.8, 4) is 0 Å². The van der Waals surface area contributed by atoms with Gasteiger partial charge in [-0.1, -0.05) is 12.1 Å². The zero-order chi connectivity index (χ0) is 21.9. The topological polar surface area (TPSA) is 71.5 Å². The van der Waals surface area contributed by atoms with Gasteiger partial charge in [0.1, 0.15) is 5.00 Å². The Labute approximate surface area is 191 Å². The van der Waals surface area contributed by atoms with E-state index < -0.39 is 0 Å². The number of benzene rings is 1. The van der Waals surface area contributed by atoms with E-state index in [4.69, 9.17) is 4.74 Å². The molecule has 1 aromatic carbocycles. The summed E-state index contributed by atoms with van der Waals surface area (Å²) in [5, 5.41) is 5.39. The number of anilines is 1. The molecule has 1 unspecified atom stereocenters. The van der Waals surface area contributed by atoms with Crippen molar-refractivity contribution >= 4 is 28.2 Å². The second-order valence-corrected chi connectivity index (χ2v) is 9.16. The van der Waals surface area contributed by atoms with Gasteiger partial charge in [0, 0.05) is 24.8 Å². The monoisotopic (exact) mass is 447 g/mol. The molecular formula is C25H25N3O3S. The summed E-state index contributed by atoms with van der Waals surface area (Å²) < 4.78 is 5.95. The number of thiophene rings is 1. The van der Waals surface area contributed by atoms with E-state index in [2.05, 4.69) is 10.3 Å². The van der Waals surface area contributed by atoms with E-state index in [1.807, 2.05) is 41.8 Å². The van der Waals surface area contributed by atoms with Gasteiger partial charge in [-0.05, 0) is 72.5 Å². The molecule has 1 aliphatic heterocycles. The third-order valence-electron chi connectivity index (χ3n) is 6.11. The van der Waals surface area contributed by atoms with Gasteiger partial charge in [0.05, 0.1) is 24.0 Å². The molecule has 1 saturated heterocycles. The van der Waals surface area contributed by atoms with Crippen LogP contribution in [0.2, 0.25) is 0 Å². The van der Waals surface area contributed by atoms with Gasteiger partial charge >= 0.3 is 0 Å². The minimum absolute atomic E-state index is 0.0101. The minimum atomic E-state index is -0.172. The second-order valence-electron chi connectivity index (χ2n) is 8.25. The van der Waals surface area contributed by atoms with Crippen LogP contribution in [0.3, 0.4) is 0 Å². The summed E-state index contributed by atoms with van der Waals surface area (Å²) in [6, 6.07) is 13.4. The summed E-state index contributed by atoms with van der Waals surface area (Å²) in [4.78, 5) is 32.0. The Balaban J connectivity index is 1.20. The highest BCUT2D eigenvalue weighted by molar-refractivity contribution is 7.14. The number of ether oxygens (including phenoxy) is 1. The van der Waals surface area contributed by atoms with Crippen molar-refractivity contribution in [1.29, 1.82) is 0 Å². The van der Waals surface area contributed by atoms with Crippen molar-refractivity contribution in [3.63, 3.8) is 0 Å². The van der Waals surface area contributed by atoms with Crippen molar-refractivity contribution in [2.75, 3.05) is 18.4 Å². The molecule has 1 aliphatic carbocycles. The summed E-state index contributed by atoms with van der Waals surface area (Å²) in [5.74, 6) is -0.242. The van der Waals surface area contributed by atoms with Crippen molar-refractivity contribution in [2.24, 2.45) is 0 Å². The van der Waals surface area contributed by atoms with Crippen LogP contribution < -0.4 is 5.32 Å². The summed E-state index contributed by atoms with van der Waals surface area (Å²) >= 11 is 1.37. The zero-order valence-electron chi connectivity index (χ0n) is 17.8. The molecule has 32 heavy (non-hydrogen) atoms. The Morgan fingerprint density at radius 3 is 2.94 bits per heavy atom. The summed E-state index contributed by atoms with van der Waals surface area (Å²) in [5.41, 5.74) is 4.65. The molecule has 7 heteroatoms. The van der Waals surface area contributed by atoms with E-state index >= 15 is 0 Å². The molecule has 1 atom stereocenters. The number of carbonyl (C=O) groups excluding carboxylic acids is 2. The standard InChI is InChI=1S/C25H25N3O3S/c29-23(19-8-7-17-4-3-5-18(17)14-19)27-24-22(10-13-32-24)25(30)28-12-9-21(15-28)31-16-20-6-1-2-11-26-20/h1-2,6-8,10-11,13-14,21H,3-5,9,12,15-16H2,(H,27,29). The first-order valence-corrected chi connectivity index (χ1v) is 11.9. The maximum absolute atomic E-state index is 13.1. The molecule has 0 saturated carbocycles. The SMILES string of the molecule is O=C(Nc1sccc1C(=O)N1CCC(OCc2ccccn2)C1)c1ccc2c(c1)CCC2. The summed E-state index contributed by atoms with van der Waals surface area (Å²) in [6.45, 7) is 1.62. The summed E-state index contributed by atoms with van der Waals surface area (Å²) in [7, 11) is 0. The van der Waals surface area contributed by atoms with Gasteiger partial charge in [-0.25, -0.2) is 0 Å². The fraction of sp³-hybridized carbons (Fsp3) is 0.320. The van der Waals surface area contributed by atoms with Gasteiger partial charge in [-0.3, -0.25) is 14.6 Å². The number of amides is 2. The molecule has 0 spiro atoms. The van der Waals surface area contributed by atoms with Crippen molar-refractivity contribution in [2.45, 2.75) is 38.4 Å². The van der Waals surface area contributed by atoms with Gasteiger partial charge < -0.3 is 15.0 Å². The number of nitrogens with one attached hydrogen (secondary N) is 1. The zero-order valence-corrected chi connectivity index (χ0v) is 18.6. The van der Waals surface area contributed by atoms with E-state index in [1.165, 1.54) is 22.5 Å². The van der Waals surface area contributed by atoms with Crippen LogP contribution in [0.15, 0.2) is 54.0 Å². The minimum Gasteiger partial charge on any atom is -0.370 e. The fourth-order valence-electron chi connectivity index (χ4n) is 4.37. The van der Waals surface area contributed by atoms with E-state index in [0.717, 1.165) is 31.4 Å². The van der Waals surface area contributed by atoms with Gasteiger partial charge in [-0.15, -0.1) is 11.3 Å². The number of carbonyl (C=O) groups is 2. The largest absolute Gasteiger partial charge is 0.370 e. The van der Waals surface area contributed by atoms with Crippen LogP contribution >= 0.6 is 11.3 Å². The van der Waals surface area contributed by atoms with E-state index in [1.54, 1.807) is 17.2 Å². The molecule has 0 bridgehead atoms. The first-order valence-electron chi connectivity index (χ1n) is 11.0. The van der Waals surface area contributed by atoms with E-state index in [9.17, 15) is 9.59 Å². The number of aromatic nitrogens is 1. The molecule has 3 aromatic rings. The third kappa shape index (κ3) is 4.45. The Bertz CT molecular complexity index is 1130. The highest BCUT2D eigenvalue weighted by atomic mass is 32.1. The third-order valence-corrected chi connectivity index (χ3v) is 6.94. The van der Waals surface area contributed by atoms with Crippen LogP contribution in [0.5, 0.6) is 0 Å². The number of aryl methyl sites for hydroxylation is 2. The van der Waals surface area contributed by atoms with Crippen LogP contribution in [0.25, 0.3) is 0 Å². The van der Waals surface area contributed by atoms with Crippen molar-refractivity contribution in [3.05, 3.63) is 82.0 Å². The van der Waals surface area contributed by atoms with Gasteiger partial charge in [0.25, 0.3) is 11.8 Å². The molecule has 2 aromatic heterocycles. The number of likely N-dealkylation sites (tertiary alicyclic amines) is 1. The number of hydrogen-bond acceptors (Lipinski definition) is 5. The first kappa shape index (κ1) is 20.8. The van der Waals surface area contributed by atoms with Crippen LogP contribution in [0, 0.1) is 0 Å². The molecular weight excluding hydrogens is 422 g/mol. The van der Waals surface area contributed by atoms with Gasteiger partial charge in [0.2, 0.25) is 0 Å². The van der Waals surface area contributed by atoms with E-state index in [0.29, 0.717) is 35.8 Å². The van der Waals surface area contributed by atoms with Crippen LogP contribution in [-0.4, -0.2) is 40.9 Å². The average molecular weight is 448 g/mol. The predicted octanol–water partition coefficient (Wildman–Crippen LogP) is 4.32. The lowest BCUT2D eigenvalue weighted by atomic mass is 10.1. The molecule has 1 fully saturated rings. The molecule has 6 nitrogen and oxygen atoms in total. The lowest BCUT2D eigenvalue weighted by molar-refractivity contribution is 0.0422. The Kier molecular flexibility index (Phi) is 6.01. The van der Waals surface area contributed by atoms with Crippen molar-refractivity contribution in [1.82, 2.24) is 9.88 Å². The molecule has 1 N–H and O–H groups in total. The number of rotatable bonds is 6. The van der Waals surface area contributed by atoms with E-state index in [-0.39, 0.29) is 17.9 Å². The summed E-state index contributed by atoms with van der Waals surface area (Å²) in [6.07, 6.45) is 5.79. The molecule has 2 amide bonds. The Morgan fingerprint density at radius 2 is 2.06 bits per heavy atom. The normalized spacial score (nSPS) is 17.4. The van der Waals surface area contributed by atoms with Crippen molar-refractivity contribution < 1.29 is 14.3 Å². The molecule has 5 rings (SSSR count). The number of nitrogens with zero attached hydrogens (tertiary/aromatic N) is 2. The molecule has 0 radical (unpaired) electrons. The quantitative estimate of drug-likeness (QED) is 0.611. The fourth-order valence-corrected chi connectivity index (χ4v) is 5.14. The Morgan fingerprint density at radius 1 is 1.16 bits per heavy atom. The van der Waals surface area contributed by atoms with Gasteiger partial charge in [-0.2, -0.15) is 0 Å². The van der Waals surface area contributed by atoms with Crippen LogP contribution in [0.4, 0.5) is 5.00 Å².